The van der Waals surface area contributed by atoms with E-state index in [0.29, 0.717) is 17.3 Å². The lowest BCUT2D eigenvalue weighted by Crippen LogP contribution is -2.30. The van der Waals surface area contributed by atoms with Crippen molar-refractivity contribution < 1.29 is 4.79 Å². The van der Waals surface area contributed by atoms with E-state index in [9.17, 15) is 4.79 Å². The van der Waals surface area contributed by atoms with Crippen LogP contribution in [0, 0.1) is 11.8 Å². The zero-order valence-electron chi connectivity index (χ0n) is 13.5. The summed E-state index contributed by atoms with van der Waals surface area (Å²) in [5.74, 6) is 1.47. The molecule has 1 fully saturated rings. The van der Waals surface area contributed by atoms with E-state index in [0.717, 1.165) is 30.4 Å². The van der Waals surface area contributed by atoms with E-state index in [4.69, 9.17) is 5.73 Å². The standard InChI is InChI=1S/C17H27N3O/c1-11-7-12(2)9-14(8-11)19-16-10-13(5-6-15(16)18)17(21)20(3)4/h5-6,10-12,14,19H,7-9,18H2,1-4H3. The van der Waals surface area contributed by atoms with Crippen molar-refractivity contribution in [1.82, 2.24) is 4.90 Å². The minimum absolute atomic E-state index is 0.00318. The molecule has 4 heteroatoms. The molecular formula is C17H27N3O. The van der Waals surface area contributed by atoms with Gasteiger partial charge in [0.25, 0.3) is 5.91 Å². The van der Waals surface area contributed by atoms with Crippen molar-refractivity contribution in [2.75, 3.05) is 25.1 Å². The van der Waals surface area contributed by atoms with Crippen LogP contribution >= 0.6 is 0 Å². The van der Waals surface area contributed by atoms with Crippen molar-refractivity contribution >= 4 is 17.3 Å². The van der Waals surface area contributed by atoms with E-state index in [1.165, 1.54) is 6.42 Å². The number of nitrogens with zero attached hydrogens (tertiary/aromatic N) is 1. The van der Waals surface area contributed by atoms with Gasteiger partial charge in [-0.2, -0.15) is 0 Å². The molecule has 3 N–H and O–H groups in total. The smallest absolute Gasteiger partial charge is 0.253 e. The topological polar surface area (TPSA) is 58.4 Å². The Kier molecular flexibility index (Phi) is 4.76. The monoisotopic (exact) mass is 289 g/mol. The van der Waals surface area contributed by atoms with Crippen LogP contribution in [0.2, 0.25) is 0 Å². The summed E-state index contributed by atoms with van der Waals surface area (Å²) in [4.78, 5) is 13.6. The van der Waals surface area contributed by atoms with Gasteiger partial charge < -0.3 is 16.0 Å². The molecule has 116 valence electrons. The van der Waals surface area contributed by atoms with E-state index < -0.39 is 0 Å². The fraction of sp³-hybridized carbons (Fsp3) is 0.588. The Labute approximate surface area is 127 Å². The van der Waals surface area contributed by atoms with Gasteiger partial charge in [0.1, 0.15) is 0 Å². The summed E-state index contributed by atoms with van der Waals surface area (Å²) in [6.45, 7) is 4.61. The second kappa shape index (κ2) is 6.37. The van der Waals surface area contributed by atoms with Crippen LogP contribution < -0.4 is 11.1 Å². The number of rotatable bonds is 3. The van der Waals surface area contributed by atoms with Crippen LogP contribution in [0.25, 0.3) is 0 Å². The molecule has 0 aromatic heterocycles. The normalized spacial score (nSPS) is 25.4. The van der Waals surface area contributed by atoms with Gasteiger partial charge in [0.2, 0.25) is 0 Å². The third-order valence-corrected chi connectivity index (χ3v) is 4.24. The van der Waals surface area contributed by atoms with Gasteiger partial charge in [0.15, 0.2) is 0 Å². The van der Waals surface area contributed by atoms with Crippen LogP contribution in [-0.4, -0.2) is 30.9 Å². The number of carbonyl (C=O) groups excluding carboxylic acids is 1. The molecule has 0 spiro atoms. The molecule has 0 aliphatic heterocycles. The van der Waals surface area contributed by atoms with Crippen molar-refractivity contribution in [2.24, 2.45) is 11.8 Å². The fourth-order valence-corrected chi connectivity index (χ4v) is 3.36. The van der Waals surface area contributed by atoms with Crippen LogP contribution in [0.4, 0.5) is 11.4 Å². The predicted octanol–water partition coefficient (Wildman–Crippen LogP) is 3.21. The zero-order valence-corrected chi connectivity index (χ0v) is 13.5. The van der Waals surface area contributed by atoms with Gasteiger partial charge in [-0.1, -0.05) is 13.8 Å². The molecule has 1 aliphatic rings. The molecular weight excluding hydrogens is 262 g/mol. The molecule has 1 aromatic rings. The number of nitrogen functional groups attached to an aromatic ring is 1. The number of carbonyl (C=O) groups is 1. The second-order valence-corrected chi connectivity index (χ2v) is 6.76. The van der Waals surface area contributed by atoms with E-state index in [2.05, 4.69) is 19.2 Å². The van der Waals surface area contributed by atoms with Crippen molar-refractivity contribution in [1.29, 1.82) is 0 Å². The Morgan fingerprint density at radius 3 is 2.38 bits per heavy atom. The summed E-state index contributed by atoms with van der Waals surface area (Å²) in [6.07, 6.45) is 3.62. The molecule has 0 saturated heterocycles. The van der Waals surface area contributed by atoms with E-state index in [1.807, 2.05) is 12.1 Å². The summed E-state index contributed by atoms with van der Waals surface area (Å²) < 4.78 is 0. The maximum Gasteiger partial charge on any atom is 0.253 e. The number of nitrogens with two attached hydrogens (primary N) is 1. The largest absolute Gasteiger partial charge is 0.397 e. The Bertz CT molecular complexity index is 503. The molecule has 2 unspecified atom stereocenters. The van der Waals surface area contributed by atoms with Gasteiger partial charge in [0.05, 0.1) is 11.4 Å². The van der Waals surface area contributed by atoms with Crippen LogP contribution in [0.5, 0.6) is 0 Å². The highest BCUT2D eigenvalue weighted by molar-refractivity contribution is 5.95. The SMILES string of the molecule is CC1CC(C)CC(Nc2cc(C(=O)N(C)C)ccc2N)C1. The molecule has 21 heavy (non-hydrogen) atoms. The number of amides is 1. The quantitative estimate of drug-likeness (QED) is 0.840. The Hall–Kier alpha value is -1.71. The Morgan fingerprint density at radius 1 is 1.19 bits per heavy atom. The first kappa shape index (κ1) is 15.7. The maximum atomic E-state index is 12.1. The third-order valence-electron chi connectivity index (χ3n) is 4.24. The minimum atomic E-state index is 0.00318. The highest BCUT2D eigenvalue weighted by Crippen LogP contribution is 2.32. The first-order chi connectivity index (χ1) is 9.86. The van der Waals surface area contributed by atoms with Gasteiger partial charge in [0, 0.05) is 25.7 Å². The first-order valence-corrected chi connectivity index (χ1v) is 7.74. The number of hydrogen-bond donors (Lipinski definition) is 2. The van der Waals surface area contributed by atoms with Crippen molar-refractivity contribution in [3.8, 4) is 0 Å². The van der Waals surface area contributed by atoms with Gasteiger partial charge in [-0.25, -0.2) is 0 Å². The van der Waals surface area contributed by atoms with Crippen molar-refractivity contribution in [2.45, 2.75) is 39.2 Å². The Morgan fingerprint density at radius 2 is 1.81 bits per heavy atom. The number of benzene rings is 1. The lowest BCUT2D eigenvalue weighted by Gasteiger charge is -2.33. The average molecular weight is 289 g/mol. The van der Waals surface area contributed by atoms with E-state index in [1.54, 1.807) is 25.1 Å². The highest BCUT2D eigenvalue weighted by Gasteiger charge is 2.24. The van der Waals surface area contributed by atoms with Crippen molar-refractivity contribution in [3.05, 3.63) is 23.8 Å². The summed E-state index contributed by atoms with van der Waals surface area (Å²) in [5.41, 5.74) is 8.33. The van der Waals surface area contributed by atoms with Crippen LogP contribution in [-0.2, 0) is 0 Å². The molecule has 1 saturated carbocycles. The minimum Gasteiger partial charge on any atom is -0.397 e. The predicted molar refractivity (Wildman–Crippen MR) is 88.5 cm³/mol. The van der Waals surface area contributed by atoms with Gasteiger partial charge in [-0.15, -0.1) is 0 Å². The second-order valence-electron chi connectivity index (χ2n) is 6.76. The molecule has 0 bridgehead atoms. The van der Waals surface area contributed by atoms with Gasteiger partial charge in [-0.05, 0) is 49.3 Å². The third kappa shape index (κ3) is 3.90. The summed E-state index contributed by atoms with van der Waals surface area (Å²) in [7, 11) is 3.52. The van der Waals surface area contributed by atoms with E-state index in [-0.39, 0.29) is 5.91 Å². The lowest BCUT2D eigenvalue weighted by molar-refractivity contribution is 0.0827. The lowest BCUT2D eigenvalue weighted by atomic mass is 9.80. The molecule has 2 atom stereocenters. The molecule has 1 aliphatic carbocycles. The van der Waals surface area contributed by atoms with E-state index >= 15 is 0 Å². The van der Waals surface area contributed by atoms with Crippen LogP contribution in [0.1, 0.15) is 43.5 Å². The fourth-order valence-electron chi connectivity index (χ4n) is 3.36. The molecule has 4 nitrogen and oxygen atoms in total. The number of hydrogen-bond acceptors (Lipinski definition) is 3. The summed E-state index contributed by atoms with van der Waals surface area (Å²) >= 11 is 0. The number of anilines is 2. The molecule has 2 rings (SSSR count). The molecule has 0 heterocycles. The number of nitrogens with one attached hydrogen (secondary N) is 1. The highest BCUT2D eigenvalue weighted by atomic mass is 16.2. The van der Waals surface area contributed by atoms with Crippen LogP contribution in [0.3, 0.4) is 0 Å². The van der Waals surface area contributed by atoms with Gasteiger partial charge >= 0.3 is 0 Å². The van der Waals surface area contributed by atoms with Crippen LogP contribution in [0.15, 0.2) is 18.2 Å². The molecule has 1 aromatic carbocycles. The van der Waals surface area contributed by atoms with Gasteiger partial charge in [-0.3, -0.25) is 4.79 Å². The summed E-state index contributed by atoms with van der Waals surface area (Å²) in [6, 6.07) is 5.92. The Balaban J connectivity index is 2.15. The molecule has 0 radical (unpaired) electrons. The molecule has 1 amide bonds. The average Bonchev–Trinajstić information content (AvgIpc) is 2.39. The van der Waals surface area contributed by atoms with Crippen molar-refractivity contribution in [3.63, 3.8) is 0 Å². The maximum absolute atomic E-state index is 12.1. The first-order valence-electron chi connectivity index (χ1n) is 7.74. The summed E-state index contributed by atoms with van der Waals surface area (Å²) in [5, 5.41) is 3.55. The zero-order chi connectivity index (χ0) is 15.6.